The van der Waals surface area contributed by atoms with Crippen LogP contribution in [0.2, 0.25) is 0 Å². The lowest BCUT2D eigenvalue weighted by molar-refractivity contribution is 0.766. The van der Waals surface area contributed by atoms with E-state index in [1.165, 1.54) is 16.1 Å². The van der Waals surface area contributed by atoms with Gasteiger partial charge in [-0.15, -0.1) is 18.3 Å². The van der Waals surface area contributed by atoms with Gasteiger partial charge in [-0.05, 0) is 30.7 Å². The first-order valence-electron chi connectivity index (χ1n) is 6.54. The lowest BCUT2D eigenvalue weighted by Gasteiger charge is -2.10. The zero-order chi connectivity index (χ0) is 13.5. The van der Waals surface area contributed by atoms with E-state index < -0.39 is 0 Å². The maximum Gasteiger partial charge on any atom is 0.0481 e. The molecule has 1 N–H and O–H groups in total. The summed E-state index contributed by atoms with van der Waals surface area (Å²) in [5.74, 6) is 0.935. The Morgan fingerprint density at radius 2 is 2.16 bits per heavy atom. The number of anilines is 1. The van der Waals surface area contributed by atoms with Gasteiger partial charge in [-0.25, -0.2) is 0 Å². The van der Waals surface area contributed by atoms with Crippen LogP contribution in [0.1, 0.15) is 12.5 Å². The molecule has 0 unspecified atom stereocenters. The number of thioether (sulfide) groups is 1. The Balaban J connectivity index is 2.00. The van der Waals surface area contributed by atoms with Crippen molar-refractivity contribution in [3.63, 3.8) is 0 Å². The molecule has 0 bridgehead atoms. The normalized spacial score (nSPS) is 10.4. The summed E-state index contributed by atoms with van der Waals surface area (Å²) in [4.78, 5) is 1.28. The smallest absolute Gasteiger partial charge is 0.0481 e. The number of aryl methyl sites for hydroxylation is 1. The number of para-hydroxylation sites is 1. The molecule has 0 fully saturated rings. The van der Waals surface area contributed by atoms with E-state index in [9.17, 15) is 0 Å². The molecule has 19 heavy (non-hydrogen) atoms. The molecular formula is C16H20N2S. The first-order valence-corrected chi connectivity index (χ1v) is 7.53. The summed E-state index contributed by atoms with van der Waals surface area (Å²) in [6.45, 7) is 7.80. The summed E-state index contributed by atoms with van der Waals surface area (Å²) >= 11 is 1.81. The van der Waals surface area contributed by atoms with Gasteiger partial charge in [-0.1, -0.05) is 18.2 Å². The molecule has 0 aliphatic heterocycles. The van der Waals surface area contributed by atoms with Gasteiger partial charge in [0.25, 0.3) is 0 Å². The third kappa shape index (κ3) is 3.93. The largest absolute Gasteiger partial charge is 0.380 e. The average Bonchev–Trinajstić information content (AvgIpc) is 2.91. The van der Waals surface area contributed by atoms with Crippen molar-refractivity contribution in [2.75, 3.05) is 11.1 Å². The summed E-state index contributed by atoms with van der Waals surface area (Å²) in [5.41, 5.74) is 2.50. The van der Waals surface area contributed by atoms with Gasteiger partial charge in [-0.2, -0.15) is 0 Å². The van der Waals surface area contributed by atoms with Crippen LogP contribution < -0.4 is 5.32 Å². The van der Waals surface area contributed by atoms with Gasteiger partial charge in [0.05, 0.1) is 0 Å². The summed E-state index contributed by atoms with van der Waals surface area (Å²) in [5, 5.41) is 3.51. The van der Waals surface area contributed by atoms with Crippen LogP contribution in [0.4, 0.5) is 5.69 Å². The van der Waals surface area contributed by atoms with Crippen molar-refractivity contribution in [2.24, 2.45) is 0 Å². The van der Waals surface area contributed by atoms with Gasteiger partial charge in [0, 0.05) is 41.8 Å². The molecule has 1 aromatic heterocycles. The zero-order valence-corrected chi connectivity index (χ0v) is 12.1. The third-order valence-corrected chi connectivity index (χ3v) is 3.97. The van der Waals surface area contributed by atoms with E-state index in [0.717, 1.165) is 18.8 Å². The fourth-order valence-corrected chi connectivity index (χ4v) is 2.64. The Labute approximate surface area is 119 Å². The third-order valence-electron chi connectivity index (χ3n) is 2.90. The Kier molecular flexibility index (Phi) is 5.16. The summed E-state index contributed by atoms with van der Waals surface area (Å²) < 4.78 is 2.19. The molecule has 0 atom stereocenters. The topological polar surface area (TPSA) is 17.0 Å². The first kappa shape index (κ1) is 13.8. The standard InChI is InChI=1S/C16H20N2S/c1-3-11-19-16-8-6-5-7-15(16)17-12-14-9-10-18(4-2)13-14/h3,5-10,13,17H,1,4,11-12H2,2H3. The number of benzene rings is 1. The molecule has 1 aromatic carbocycles. The van der Waals surface area contributed by atoms with E-state index in [1.807, 2.05) is 6.08 Å². The van der Waals surface area contributed by atoms with Gasteiger partial charge in [0.15, 0.2) is 0 Å². The Morgan fingerprint density at radius 1 is 1.32 bits per heavy atom. The number of hydrogen-bond donors (Lipinski definition) is 1. The average molecular weight is 272 g/mol. The maximum atomic E-state index is 3.77. The van der Waals surface area contributed by atoms with Crippen molar-refractivity contribution >= 4 is 17.4 Å². The fraction of sp³-hybridized carbons (Fsp3) is 0.250. The monoisotopic (exact) mass is 272 g/mol. The number of nitrogens with one attached hydrogen (secondary N) is 1. The van der Waals surface area contributed by atoms with Gasteiger partial charge < -0.3 is 9.88 Å². The van der Waals surface area contributed by atoms with Crippen LogP contribution in [-0.2, 0) is 13.1 Å². The van der Waals surface area contributed by atoms with Gasteiger partial charge in [-0.3, -0.25) is 0 Å². The lowest BCUT2D eigenvalue weighted by atomic mass is 10.3. The number of hydrogen-bond acceptors (Lipinski definition) is 2. The highest BCUT2D eigenvalue weighted by molar-refractivity contribution is 7.99. The quantitative estimate of drug-likeness (QED) is 0.594. The predicted octanol–water partition coefficient (Wildman–Crippen LogP) is 4.40. The van der Waals surface area contributed by atoms with Crippen molar-refractivity contribution in [1.82, 2.24) is 4.57 Å². The molecule has 0 saturated carbocycles. The molecule has 0 amide bonds. The molecule has 0 saturated heterocycles. The highest BCUT2D eigenvalue weighted by atomic mass is 32.2. The number of aromatic nitrogens is 1. The van der Waals surface area contributed by atoms with Crippen molar-refractivity contribution in [3.05, 3.63) is 60.9 Å². The van der Waals surface area contributed by atoms with E-state index >= 15 is 0 Å². The van der Waals surface area contributed by atoms with Crippen LogP contribution in [0.15, 0.2) is 60.3 Å². The summed E-state index contributed by atoms with van der Waals surface area (Å²) in [6.07, 6.45) is 6.24. The summed E-state index contributed by atoms with van der Waals surface area (Å²) in [7, 11) is 0. The van der Waals surface area contributed by atoms with Crippen molar-refractivity contribution < 1.29 is 0 Å². The van der Waals surface area contributed by atoms with E-state index in [4.69, 9.17) is 0 Å². The van der Waals surface area contributed by atoms with E-state index in [-0.39, 0.29) is 0 Å². The minimum atomic E-state index is 0.860. The molecule has 0 aliphatic carbocycles. The zero-order valence-electron chi connectivity index (χ0n) is 11.3. The van der Waals surface area contributed by atoms with Crippen LogP contribution in [0.25, 0.3) is 0 Å². The second kappa shape index (κ2) is 7.10. The van der Waals surface area contributed by atoms with E-state index in [1.54, 1.807) is 11.8 Å². The number of nitrogens with zero attached hydrogens (tertiary/aromatic N) is 1. The summed E-state index contributed by atoms with van der Waals surface area (Å²) in [6, 6.07) is 10.6. The van der Waals surface area contributed by atoms with E-state index in [2.05, 4.69) is 66.1 Å². The van der Waals surface area contributed by atoms with Crippen LogP contribution in [-0.4, -0.2) is 10.3 Å². The van der Waals surface area contributed by atoms with Crippen LogP contribution in [0.3, 0.4) is 0 Å². The maximum absolute atomic E-state index is 3.77. The Bertz CT molecular complexity index is 531. The van der Waals surface area contributed by atoms with E-state index in [0.29, 0.717) is 0 Å². The molecule has 2 aromatic rings. The van der Waals surface area contributed by atoms with Crippen molar-refractivity contribution in [1.29, 1.82) is 0 Å². The van der Waals surface area contributed by atoms with Gasteiger partial charge in [0.2, 0.25) is 0 Å². The highest BCUT2D eigenvalue weighted by Gasteiger charge is 2.02. The lowest BCUT2D eigenvalue weighted by Crippen LogP contribution is -2.00. The molecule has 3 heteroatoms. The van der Waals surface area contributed by atoms with Gasteiger partial charge in [0.1, 0.15) is 0 Å². The minimum absolute atomic E-state index is 0.860. The van der Waals surface area contributed by atoms with Crippen molar-refractivity contribution in [3.8, 4) is 0 Å². The van der Waals surface area contributed by atoms with Crippen LogP contribution in [0, 0.1) is 0 Å². The second-order valence-corrected chi connectivity index (χ2v) is 5.36. The molecule has 2 nitrogen and oxygen atoms in total. The highest BCUT2D eigenvalue weighted by Crippen LogP contribution is 2.27. The molecular weight excluding hydrogens is 252 g/mol. The SMILES string of the molecule is C=CCSc1ccccc1NCc1ccn(CC)c1. The van der Waals surface area contributed by atoms with Crippen LogP contribution >= 0.6 is 11.8 Å². The van der Waals surface area contributed by atoms with Gasteiger partial charge >= 0.3 is 0 Å². The molecule has 0 aliphatic rings. The number of rotatable bonds is 7. The van der Waals surface area contributed by atoms with Crippen molar-refractivity contribution in [2.45, 2.75) is 24.9 Å². The molecule has 2 rings (SSSR count). The molecule has 100 valence electrons. The first-order chi connectivity index (χ1) is 9.33. The molecule has 0 spiro atoms. The van der Waals surface area contributed by atoms with Crippen LogP contribution in [0.5, 0.6) is 0 Å². The molecule has 1 heterocycles. The Hall–Kier alpha value is -1.61. The minimum Gasteiger partial charge on any atom is -0.380 e. The molecule has 0 radical (unpaired) electrons. The predicted molar refractivity (Wildman–Crippen MR) is 84.8 cm³/mol. The fourth-order valence-electron chi connectivity index (χ4n) is 1.88. The second-order valence-electron chi connectivity index (χ2n) is 4.30. The Morgan fingerprint density at radius 3 is 2.89 bits per heavy atom.